The molecule has 0 fully saturated rings. The summed E-state index contributed by atoms with van der Waals surface area (Å²) in [5, 5.41) is 50.5. The van der Waals surface area contributed by atoms with Gasteiger partial charge in [-0.2, -0.15) is 0 Å². The Morgan fingerprint density at radius 2 is 0.455 bits per heavy atom. The molecule has 6 nitrogen and oxygen atoms in total. The molecule has 0 unspecified atom stereocenters. The molecular weight excluding hydrogens is 316 g/mol. The Bertz CT molecular complexity index is 31.3. The van der Waals surface area contributed by atoms with Crippen molar-refractivity contribution < 1.29 is 89.1 Å². The van der Waals surface area contributed by atoms with Crippen LogP contribution in [0.1, 0.15) is 0 Å². The van der Waals surface area contributed by atoms with E-state index < -0.39 is 13.0 Å². The minimum Gasteiger partial charge on any atom is -0.879 e. The van der Waals surface area contributed by atoms with Crippen LogP contribution in [0.5, 0.6) is 0 Å². The predicted molar refractivity (Wildman–Crippen MR) is 7.58 cm³/mol. The van der Waals surface area contributed by atoms with E-state index in [1.165, 1.54) is 0 Å². The van der Waals surface area contributed by atoms with Crippen LogP contribution < -0.4 is 30.6 Å². The van der Waals surface area contributed by atoms with Crippen molar-refractivity contribution in [1.82, 2.24) is 0 Å². The second kappa shape index (κ2) is 22.6. The topological polar surface area (TPSA) is 138 Å². The summed E-state index contributed by atoms with van der Waals surface area (Å²) in [4.78, 5) is 0. The molecular formula is C2H2O6Zn3. The molecule has 52 valence electrons. The van der Waals surface area contributed by atoms with Gasteiger partial charge in [-0.05, 0) is 0 Å². The van der Waals surface area contributed by atoms with Crippen LogP contribution in [0, 0.1) is 0 Å². The molecule has 0 aliphatic rings. The van der Waals surface area contributed by atoms with E-state index in [9.17, 15) is 0 Å². The van der Waals surface area contributed by atoms with Crippen molar-refractivity contribution in [2.24, 2.45) is 0 Å². The van der Waals surface area contributed by atoms with E-state index in [-0.39, 0.29) is 58.4 Å². The number of hydrogen-bond acceptors (Lipinski definition) is 6. The van der Waals surface area contributed by atoms with E-state index in [4.69, 9.17) is 30.6 Å². The van der Waals surface area contributed by atoms with Gasteiger partial charge < -0.3 is 43.6 Å². The average molecular weight is 318 g/mol. The third-order valence-corrected chi connectivity index (χ3v) is 0. The molecule has 9 heteroatoms. The van der Waals surface area contributed by atoms with Gasteiger partial charge in [0.15, 0.2) is 0 Å². The zero-order valence-corrected chi connectivity index (χ0v) is 14.6. The van der Waals surface area contributed by atoms with Gasteiger partial charge in [-0.1, -0.05) is 0 Å². The molecule has 0 rings (SSSR count). The van der Waals surface area contributed by atoms with Crippen LogP contribution in [-0.2, 0) is 58.4 Å². The Balaban J connectivity index is -0.0000000171. The molecule has 0 bridgehead atoms. The summed E-state index contributed by atoms with van der Waals surface area (Å²) < 4.78 is 0. The fraction of sp³-hybridized carbons (Fsp3) is 1.00. The maximum absolute atomic E-state index is 8.42. The molecule has 0 radical (unpaired) electrons. The molecule has 0 aromatic heterocycles. The molecule has 0 aliphatic heterocycles. The van der Waals surface area contributed by atoms with Gasteiger partial charge in [0.05, 0.1) is 0 Å². The summed E-state index contributed by atoms with van der Waals surface area (Å²) in [6.45, 7) is -5.83. The smallest absolute Gasteiger partial charge is 0.879 e. The summed E-state index contributed by atoms with van der Waals surface area (Å²) in [7, 11) is 0. The van der Waals surface area contributed by atoms with Gasteiger partial charge in [0.2, 0.25) is 0 Å². The van der Waals surface area contributed by atoms with E-state index in [2.05, 4.69) is 0 Å². The number of rotatable bonds is 0. The summed E-state index contributed by atoms with van der Waals surface area (Å²) in [6.07, 6.45) is 0. The van der Waals surface area contributed by atoms with Gasteiger partial charge >= 0.3 is 58.4 Å². The summed E-state index contributed by atoms with van der Waals surface area (Å²) in [5.41, 5.74) is 0. The third kappa shape index (κ3) is 406. The molecule has 0 amide bonds. The maximum atomic E-state index is 8.42. The third-order valence-electron chi connectivity index (χ3n) is 0. The largest absolute Gasteiger partial charge is 2.00 e. The van der Waals surface area contributed by atoms with Crippen LogP contribution in [0.4, 0.5) is 0 Å². The molecule has 0 N–H and O–H groups in total. The van der Waals surface area contributed by atoms with Gasteiger partial charge in [-0.3, -0.25) is 0 Å². The van der Waals surface area contributed by atoms with Crippen molar-refractivity contribution in [3.05, 3.63) is 0 Å². The molecule has 0 aliphatic carbocycles. The zero-order valence-electron chi connectivity index (χ0n) is 5.73. The summed E-state index contributed by atoms with van der Waals surface area (Å²) >= 11 is 0. The predicted octanol–water partition coefficient (Wildman–Crippen LogP) is -7.31. The monoisotopic (exact) mass is 314 g/mol. The van der Waals surface area contributed by atoms with Crippen molar-refractivity contribution in [3.8, 4) is 0 Å². The van der Waals surface area contributed by atoms with Gasteiger partial charge in [0.1, 0.15) is 0 Å². The summed E-state index contributed by atoms with van der Waals surface area (Å²) in [6, 6.07) is 0. The first-order chi connectivity index (χ1) is 3.46. The van der Waals surface area contributed by atoms with Gasteiger partial charge in [-0.25, -0.2) is 0 Å². The van der Waals surface area contributed by atoms with Crippen LogP contribution in [0.15, 0.2) is 0 Å². The van der Waals surface area contributed by atoms with Crippen LogP contribution in [0.25, 0.3) is 0 Å². The molecule has 0 spiro atoms. The van der Waals surface area contributed by atoms with Crippen LogP contribution in [0.3, 0.4) is 0 Å². The Morgan fingerprint density at radius 1 is 0.455 bits per heavy atom. The summed E-state index contributed by atoms with van der Waals surface area (Å²) in [5.74, 6) is 0. The minimum atomic E-state index is -2.92. The van der Waals surface area contributed by atoms with Gasteiger partial charge in [0, 0.05) is 0 Å². The standard InChI is InChI=1S/2CHO3.3Zn/c2*2-1(3)4;;;/h2*1H;;;/q2*-3;3*+2. The Hall–Kier alpha value is 1.63. The molecule has 0 saturated carbocycles. The molecule has 0 aromatic rings. The maximum Gasteiger partial charge on any atom is 2.00 e. The van der Waals surface area contributed by atoms with Gasteiger partial charge in [-0.15, -0.1) is 0 Å². The first-order valence-electron chi connectivity index (χ1n) is 1.41. The first kappa shape index (κ1) is 29.3. The second-order valence-corrected chi connectivity index (χ2v) is 0.577. The quantitative estimate of drug-likeness (QED) is 0.321. The molecule has 0 aromatic carbocycles. The van der Waals surface area contributed by atoms with E-state index in [1.807, 2.05) is 0 Å². The van der Waals surface area contributed by atoms with Crippen molar-refractivity contribution in [2.45, 2.75) is 13.0 Å². The molecule has 11 heavy (non-hydrogen) atoms. The second-order valence-electron chi connectivity index (χ2n) is 0.577. The normalized spacial score (nSPS) is 6.55. The van der Waals surface area contributed by atoms with Crippen molar-refractivity contribution in [1.29, 1.82) is 0 Å². The van der Waals surface area contributed by atoms with Crippen molar-refractivity contribution in [3.63, 3.8) is 0 Å². The van der Waals surface area contributed by atoms with Crippen LogP contribution >= 0.6 is 0 Å². The van der Waals surface area contributed by atoms with E-state index in [1.54, 1.807) is 0 Å². The molecule has 0 atom stereocenters. The van der Waals surface area contributed by atoms with E-state index in [0.717, 1.165) is 0 Å². The van der Waals surface area contributed by atoms with Crippen molar-refractivity contribution in [2.75, 3.05) is 0 Å². The first-order valence-corrected chi connectivity index (χ1v) is 1.41. The molecule has 0 heterocycles. The van der Waals surface area contributed by atoms with Crippen LogP contribution in [0.2, 0.25) is 0 Å². The Morgan fingerprint density at radius 3 is 0.455 bits per heavy atom. The fourth-order valence-corrected chi connectivity index (χ4v) is 0. The van der Waals surface area contributed by atoms with Crippen molar-refractivity contribution >= 4 is 0 Å². The number of hydrogen-bond donors (Lipinski definition) is 0. The zero-order chi connectivity index (χ0) is 7.15. The molecule has 0 saturated heterocycles. The fourth-order valence-electron chi connectivity index (χ4n) is 0. The Kier molecular flexibility index (Phi) is 60.2. The van der Waals surface area contributed by atoms with Gasteiger partial charge in [0.25, 0.3) is 0 Å². The minimum absolute atomic E-state index is 0. The van der Waals surface area contributed by atoms with Crippen LogP contribution in [-0.4, -0.2) is 13.0 Å². The Labute approximate surface area is 102 Å². The SMILES string of the molecule is [O-]C([O-])[O-].[O-]C([O-])[O-].[Zn+2].[Zn+2].[Zn+2]. The average Bonchev–Trinajstić information content (AvgIpc) is 1.25. The van der Waals surface area contributed by atoms with E-state index in [0.29, 0.717) is 0 Å². The van der Waals surface area contributed by atoms with E-state index >= 15 is 0 Å².